The zero-order valence-corrected chi connectivity index (χ0v) is 11.0. The molecular weight excluding hydrogens is 234 g/mol. The van der Waals surface area contributed by atoms with Crippen LogP contribution in [0.3, 0.4) is 0 Å². The van der Waals surface area contributed by atoms with Crippen LogP contribution in [0.4, 0.5) is 5.69 Å². The Morgan fingerprint density at radius 2 is 2.06 bits per heavy atom. The van der Waals surface area contributed by atoms with Crippen molar-refractivity contribution in [2.45, 2.75) is 19.8 Å². The molecule has 0 unspecified atom stereocenters. The number of nitrogens with two attached hydrogens (primary N) is 1. The summed E-state index contributed by atoms with van der Waals surface area (Å²) in [7, 11) is 0. The predicted octanol–water partition coefficient (Wildman–Crippen LogP) is 2.50. The highest BCUT2D eigenvalue weighted by molar-refractivity contribution is 7.99. The zero-order valence-electron chi connectivity index (χ0n) is 10.1. The molecule has 0 aliphatic heterocycles. The third-order valence-electron chi connectivity index (χ3n) is 2.29. The van der Waals surface area contributed by atoms with Gasteiger partial charge in [-0.2, -0.15) is 11.8 Å². The Morgan fingerprint density at radius 1 is 1.35 bits per heavy atom. The molecule has 0 aliphatic carbocycles. The Morgan fingerprint density at radius 3 is 2.71 bits per heavy atom. The number of hydrogen-bond donors (Lipinski definition) is 1. The Hall–Kier alpha value is -1.16. The van der Waals surface area contributed by atoms with Crippen LogP contribution in [-0.2, 0) is 16.0 Å². The fourth-order valence-corrected chi connectivity index (χ4v) is 1.85. The summed E-state index contributed by atoms with van der Waals surface area (Å²) >= 11 is 1.78. The first-order chi connectivity index (χ1) is 8.22. The number of anilines is 1. The van der Waals surface area contributed by atoms with Crippen LogP contribution in [0.15, 0.2) is 24.3 Å². The maximum atomic E-state index is 11.4. The molecule has 2 N–H and O–H groups in total. The molecule has 4 heteroatoms. The van der Waals surface area contributed by atoms with E-state index in [2.05, 4.69) is 6.92 Å². The second-order valence-corrected chi connectivity index (χ2v) is 5.05. The quantitative estimate of drug-likeness (QED) is 0.461. The van der Waals surface area contributed by atoms with Gasteiger partial charge in [0.25, 0.3) is 0 Å². The van der Waals surface area contributed by atoms with Gasteiger partial charge in [-0.3, -0.25) is 4.79 Å². The molecule has 0 saturated heterocycles. The first-order valence-corrected chi connectivity index (χ1v) is 6.95. The Kier molecular flexibility index (Phi) is 6.55. The van der Waals surface area contributed by atoms with E-state index in [9.17, 15) is 4.79 Å². The number of carbonyl (C=O) groups is 1. The van der Waals surface area contributed by atoms with E-state index in [-0.39, 0.29) is 5.97 Å². The molecule has 3 nitrogen and oxygen atoms in total. The molecule has 0 spiro atoms. The van der Waals surface area contributed by atoms with Gasteiger partial charge in [0, 0.05) is 17.9 Å². The highest BCUT2D eigenvalue weighted by Crippen LogP contribution is 2.08. The van der Waals surface area contributed by atoms with Crippen LogP contribution in [0.1, 0.15) is 18.9 Å². The fourth-order valence-electron chi connectivity index (χ4n) is 1.36. The molecule has 0 bridgehead atoms. The number of aryl methyl sites for hydroxylation is 1. The van der Waals surface area contributed by atoms with Crippen LogP contribution in [-0.4, -0.2) is 24.1 Å². The van der Waals surface area contributed by atoms with E-state index in [0.29, 0.717) is 19.4 Å². The number of ether oxygens (including phenoxy) is 1. The van der Waals surface area contributed by atoms with E-state index in [1.807, 2.05) is 24.3 Å². The zero-order chi connectivity index (χ0) is 12.5. The van der Waals surface area contributed by atoms with Gasteiger partial charge in [-0.1, -0.05) is 19.1 Å². The number of thioether (sulfide) groups is 1. The maximum Gasteiger partial charge on any atom is 0.306 e. The van der Waals surface area contributed by atoms with Gasteiger partial charge in [-0.15, -0.1) is 0 Å². The van der Waals surface area contributed by atoms with Gasteiger partial charge in [0.05, 0.1) is 0 Å². The third-order valence-corrected chi connectivity index (χ3v) is 3.16. The normalized spacial score (nSPS) is 10.2. The minimum absolute atomic E-state index is 0.126. The molecule has 0 heterocycles. The van der Waals surface area contributed by atoms with E-state index in [4.69, 9.17) is 10.5 Å². The number of hydrogen-bond acceptors (Lipinski definition) is 4. The van der Waals surface area contributed by atoms with Crippen LogP contribution in [0.25, 0.3) is 0 Å². The summed E-state index contributed by atoms with van der Waals surface area (Å²) in [4.78, 5) is 11.4. The number of nitrogen functional groups attached to an aromatic ring is 1. The number of rotatable bonds is 7. The molecular formula is C13H19NO2S. The van der Waals surface area contributed by atoms with Gasteiger partial charge in [0.2, 0.25) is 0 Å². The average molecular weight is 253 g/mol. The van der Waals surface area contributed by atoms with Crippen LogP contribution < -0.4 is 5.73 Å². The van der Waals surface area contributed by atoms with Gasteiger partial charge >= 0.3 is 5.97 Å². The second kappa shape index (κ2) is 8.01. The fraction of sp³-hybridized carbons (Fsp3) is 0.462. The lowest BCUT2D eigenvalue weighted by molar-refractivity contribution is -0.142. The summed E-state index contributed by atoms with van der Waals surface area (Å²) < 4.78 is 5.11. The Balaban J connectivity index is 2.17. The summed E-state index contributed by atoms with van der Waals surface area (Å²) in [6.45, 7) is 2.60. The van der Waals surface area contributed by atoms with Crippen LogP contribution in [0.2, 0.25) is 0 Å². The molecule has 0 aromatic heterocycles. The molecule has 0 saturated carbocycles. The average Bonchev–Trinajstić information content (AvgIpc) is 2.34. The van der Waals surface area contributed by atoms with Crippen molar-refractivity contribution in [2.24, 2.45) is 0 Å². The van der Waals surface area contributed by atoms with Crippen molar-refractivity contribution in [3.8, 4) is 0 Å². The van der Waals surface area contributed by atoms with E-state index in [0.717, 1.165) is 22.8 Å². The first-order valence-electron chi connectivity index (χ1n) is 5.80. The molecule has 0 aliphatic rings. The molecule has 0 radical (unpaired) electrons. The van der Waals surface area contributed by atoms with Crippen LogP contribution in [0.5, 0.6) is 0 Å². The van der Waals surface area contributed by atoms with Crippen molar-refractivity contribution in [1.82, 2.24) is 0 Å². The lowest BCUT2D eigenvalue weighted by atomic mass is 10.1. The Labute approximate surface area is 107 Å². The molecule has 0 amide bonds. The highest BCUT2D eigenvalue weighted by Gasteiger charge is 2.03. The molecule has 1 aromatic rings. The van der Waals surface area contributed by atoms with E-state index in [1.165, 1.54) is 0 Å². The summed E-state index contributed by atoms with van der Waals surface area (Å²) in [5, 5.41) is 0. The lowest BCUT2D eigenvalue weighted by Crippen LogP contribution is -2.08. The Bertz CT molecular complexity index is 338. The van der Waals surface area contributed by atoms with Crippen molar-refractivity contribution in [3.05, 3.63) is 29.8 Å². The predicted molar refractivity (Wildman–Crippen MR) is 73.1 cm³/mol. The topological polar surface area (TPSA) is 52.3 Å². The largest absolute Gasteiger partial charge is 0.465 e. The molecule has 0 fully saturated rings. The van der Waals surface area contributed by atoms with Crippen molar-refractivity contribution in [3.63, 3.8) is 0 Å². The van der Waals surface area contributed by atoms with Crippen LogP contribution in [0, 0.1) is 0 Å². The number of carbonyl (C=O) groups excluding carboxylic acids is 1. The summed E-state index contributed by atoms with van der Waals surface area (Å²) in [6.07, 6.45) is 1.14. The first kappa shape index (κ1) is 13.9. The maximum absolute atomic E-state index is 11.4. The standard InChI is InChI=1S/C13H19NO2S/c1-2-17-10-9-16-13(15)8-5-11-3-6-12(14)7-4-11/h3-4,6-7H,2,5,8-10,14H2,1H3. The minimum atomic E-state index is -0.126. The van der Waals surface area contributed by atoms with Crippen molar-refractivity contribution >= 4 is 23.4 Å². The summed E-state index contributed by atoms with van der Waals surface area (Å²) in [5.74, 6) is 1.81. The smallest absolute Gasteiger partial charge is 0.306 e. The van der Waals surface area contributed by atoms with Crippen LogP contribution >= 0.6 is 11.8 Å². The van der Waals surface area contributed by atoms with Gasteiger partial charge in [0.1, 0.15) is 6.61 Å². The molecule has 17 heavy (non-hydrogen) atoms. The van der Waals surface area contributed by atoms with E-state index >= 15 is 0 Å². The molecule has 0 atom stereocenters. The monoisotopic (exact) mass is 253 g/mol. The van der Waals surface area contributed by atoms with Gasteiger partial charge in [-0.25, -0.2) is 0 Å². The van der Waals surface area contributed by atoms with Gasteiger partial charge in [0.15, 0.2) is 0 Å². The van der Waals surface area contributed by atoms with E-state index in [1.54, 1.807) is 11.8 Å². The van der Waals surface area contributed by atoms with Crippen molar-refractivity contribution in [2.75, 3.05) is 23.8 Å². The third kappa shape index (κ3) is 6.22. The summed E-state index contributed by atoms with van der Waals surface area (Å²) in [5.41, 5.74) is 7.44. The SMILES string of the molecule is CCSCCOC(=O)CCc1ccc(N)cc1. The van der Waals surface area contributed by atoms with E-state index < -0.39 is 0 Å². The minimum Gasteiger partial charge on any atom is -0.465 e. The van der Waals surface area contributed by atoms with Gasteiger partial charge < -0.3 is 10.5 Å². The van der Waals surface area contributed by atoms with Crippen molar-refractivity contribution < 1.29 is 9.53 Å². The number of esters is 1. The molecule has 1 rings (SSSR count). The lowest BCUT2D eigenvalue weighted by Gasteiger charge is -2.04. The number of benzene rings is 1. The molecule has 1 aromatic carbocycles. The van der Waals surface area contributed by atoms with Gasteiger partial charge in [-0.05, 0) is 29.9 Å². The molecule has 94 valence electrons. The van der Waals surface area contributed by atoms with Crippen molar-refractivity contribution in [1.29, 1.82) is 0 Å². The summed E-state index contributed by atoms with van der Waals surface area (Å²) in [6, 6.07) is 7.57. The highest BCUT2D eigenvalue weighted by atomic mass is 32.2. The second-order valence-electron chi connectivity index (χ2n) is 3.66.